The molecule has 0 aromatic rings. The highest BCUT2D eigenvalue weighted by molar-refractivity contribution is 6.28. The lowest BCUT2D eigenvalue weighted by Gasteiger charge is -2.50. The van der Waals surface area contributed by atoms with Crippen molar-refractivity contribution in [3.8, 4) is 0 Å². The number of carbonyl (C=O) groups is 3. The van der Waals surface area contributed by atoms with Gasteiger partial charge in [-0.2, -0.15) is 0 Å². The Kier molecular flexibility index (Phi) is 12.0. The Hall–Kier alpha value is -2.35. The fourth-order valence-electron chi connectivity index (χ4n) is 5.66. The zero-order valence-electron chi connectivity index (χ0n) is 24.9. The van der Waals surface area contributed by atoms with Crippen molar-refractivity contribution in [2.45, 2.75) is 97.8 Å². The van der Waals surface area contributed by atoms with Gasteiger partial charge in [0.15, 0.2) is 30.3 Å². The van der Waals surface area contributed by atoms with Gasteiger partial charge in [-0.25, -0.2) is 0 Å². The zero-order chi connectivity index (χ0) is 35.0. The number of rotatable bonds is 11. The number of nitrogens with two attached hydrogens (primary N) is 3. The van der Waals surface area contributed by atoms with Gasteiger partial charge in [-0.3, -0.25) is 14.4 Å². The Balaban J connectivity index is 1.53. The monoisotopic (exact) mass is 679 g/mol. The van der Waals surface area contributed by atoms with Gasteiger partial charge in [-0.05, 0) is 0 Å². The molecular weight excluding hydrogens is 638 g/mol. The molecule has 2 unspecified atom stereocenters. The van der Waals surface area contributed by atoms with Crippen LogP contribution in [0.3, 0.4) is 0 Å². The minimum absolute atomic E-state index is 0.110. The zero-order valence-corrected chi connectivity index (χ0v) is 24.9. The number of Topliss-reactive ketones (excluding diaryl/α,β-unsaturated/α-hetero) is 2. The Morgan fingerprint density at radius 2 is 1.43 bits per heavy atom. The van der Waals surface area contributed by atoms with Crippen LogP contribution in [0.2, 0.25) is 0 Å². The lowest BCUT2D eigenvalue weighted by Crippen LogP contribution is -2.73. The first-order chi connectivity index (χ1) is 22.1. The highest BCUT2D eigenvalue weighted by Gasteiger charge is 2.60. The summed E-state index contributed by atoms with van der Waals surface area (Å²) in [5, 5.41) is 83.2. The molecule has 4 heterocycles. The number of ether oxygens (including phenoxy) is 6. The first kappa shape index (κ1) is 37.5. The summed E-state index contributed by atoms with van der Waals surface area (Å²) in [6.45, 7) is 0.0472. The molecule has 0 bridgehead atoms. The predicted molar refractivity (Wildman–Crippen MR) is 149 cm³/mol. The molecule has 4 aliphatic heterocycles. The van der Waals surface area contributed by atoms with E-state index in [2.05, 4.69) is 6.58 Å². The molecule has 47 heavy (non-hydrogen) atoms. The van der Waals surface area contributed by atoms with Crippen molar-refractivity contribution in [2.75, 3.05) is 26.4 Å². The van der Waals surface area contributed by atoms with Crippen LogP contribution in [0.4, 0.5) is 0 Å². The maximum absolute atomic E-state index is 13.6. The Morgan fingerprint density at radius 1 is 0.872 bits per heavy atom. The van der Waals surface area contributed by atoms with E-state index in [1.54, 1.807) is 0 Å². The van der Waals surface area contributed by atoms with Gasteiger partial charge in [0.2, 0.25) is 5.78 Å². The second kappa shape index (κ2) is 15.0. The maximum Gasteiger partial charge on any atom is 0.309 e. The molecule has 0 aromatic carbocycles. The van der Waals surface area contributed by atoms with E-state index in [9.17, 15) is 55.2 Å². The fraction of sp³-hybridized carbons (Fsp3) is 0.741. The first-order valence-corrected chi connectivity index (χ1v) is 14.6. The molecule has 0 saturated carbocycles. The van der Waals surface area contributed by atoms with E-state index in [4.69, 9.17) is 45.6 Å². The highest BCUT2D eigenvalue weighted by atomic mass is 16.7. The normalized spacial score (nSPS) is 44.3. The van der Waals surface area contributed by atoms with Gasteiger partial charge in [0.25, 0.3) is 0 Å². The molecule has 0 spiro atoms. The van der Waals surface area contributed by atoms with E-state index in [1.165, 1.54) is 6.08 Å². The van der Waals surface area contributed by atoms with Crippen molar-refractivity contribution < 1.29 is 83.7 Å². The number of carbonyl (C=O) groups excluding carboxylic acids is 3. The van der Waals surface area contributed by atoms with E-state index in [0.29, 0.717) is 0 Å². The number of ketones is 2. The summed E-state index contributed by atoms with van der Waals surface area (Å²) in [6, 6.07) is -4.54. The number of cyclic esters (lactones) is 1. The van der Waals surface area contributed by atoms with Gasteiger partial charge in [0.1, 0.15) is 55.4 Å². The Morgan fingerprint density at radius 3 is 1.98 bits per heavy atom. The van der Waals surface area contributed by atoms with Crippen LogP contribution >= 0.6 is 0 Å². The second-order valence-electron chi connectivity index (χ2n) is 11.6. The summed E-state index contributed by atoms with van der Waals surface area (Å²) in [7, 11) is 0. The van der Waals surface area contributed by atoms with Gasteiger partial charge in [0.05, 0.1) is 49.9 Å². The predicted octanol–water partition coefficient (Wildman–Crippen LogP) is -7.74. The van der Waals surface area contributed by atoms with E-state index in [1.807, 2.05) is 0 Å². The largest absolute Gasteiger partial charge is 0.460 e. The average molecular weight is 680 g/mol. The van der Waals surface area contributed by atoms with Gasteiger partial charge in [-0.1, -0.05) is 12.7 Å². The Labute approximate surface area is 266 Å². The standard InChI is InChI=1S/C27H41N3O17/c1-8(16(35)9-2-3-12(34)42-6-9)22(39)27(7-33)23(40)19(38)15(30)26(47-27)46-21-11(5-32)44-25(14(29)18(21)37)45-20-10(4-31)43-24(41)13(28)17(20)36/h2,10-11,13-15,17-21,23-26,31-33,36-38,40-41H,1,3-7,28-30H2/t10-,11-,13-,14-,15-,17-,18-,19-,20?,21?,23+,24-,25+,26+,27+/m1/s1. The summed E-state index contributed by atoms with van der Waals surface area (Å²) in [4.78, 5) is 37.9. The molecule has 0 amide bonds. The van der Waals surface area contributed by atoms with Crippen LogP contribution in [0.1, 0.15) is 6.42 Å². The molecule has 0 aromatic heterocycles. The SMILES string of the molecule is C=C(C(=O)C1=CCC(=O)OC1)C(=O)[C@]1(CO)O[C@H](OC2[C@@H](CO)O[C@@H](OC3[C@@H](CO)O[C@@H](O)[C@H](N)[C@H]3O)[C@H](N)[C@H]2O)[C@H](N)[C@@H](O)[C@@H]1O. The van der Waals surface area contributed by atoms with Crippen LogP contribution in [0.15, 0.2) is 23.8 Å². The summed E-state index contributed by atoms with van der Waals surface area (Å²) in [5.74, 6) is -2.97. The van der Waals surface area contributed by atoms with Crippen LogP contribution in [-0.2, 0) is 42.8 Å². The minimum atomic E-state index is -2.78. The summed E-state index contributed by atoms with van der Waals surface area (Å²) in [5.41, 5.74) is 14.2. The third kappa shape index (κ3) is 7.05. The number of hydrogen-bond acceptors (Lipinski definition) is 20. The number of esters is 1. The molecule has 4 rings (SSSR count). The summed E-state index contributed by atoms with van der Waals surface area (Å²) < 4.78 is 32.7. The molecule has 3 saturated heterocycles. The van der Waals surface area contributed by atoms with Crippen molar-refractivity contribution >= 4 is 17.5 Å². The summed E-state index contributed by atoms with van der Waals surface area (Å²) >= 11 is 0. The third-order valence-corrected chi connectivity index (χ3v) is 8.60. The number of aliphatic hydroxyl groups excluding tert-OH is 8. The van der Waals surface area contributed by atoms with E-state index in [-0.39, 0.29) is 12.0 Å². The van der Waals surface area contributed by atoms with Crippen molar-refractivity contribution in [3.63, 3.8) is 0 Å². The molecular formula is C27H41N3O17. The fourth-order valence-corrected chi connectivity index (χ4v) is 5.66. The summed E-state index contributed by atoms with van der Waals surface area (Å²) in [6.07, 6.45) is -17.7. The molecule has 0 aliphatic carbocycles. The van der Waals surface area contributed by atoms with Gasteiger partial charge in [0, 0.05) is 5.57 Å². The quantitative estimate of drug-likeness (QED) is 0.0418. The average Bonchev–Trinajstić information content (AvgIpc) is 3.07. The highest BCUT2D eigenvalue weighted by Crippen LogP contribution is 2.36. The molecule has 15 atom stereocenters. The van der Waals surface area contributed by atoms with E-state index >= 15 is 0 Å². The Bertz CT molecular complexity index is 1220. The minimum Gasteiger partial charge on any atom is -0.460 e. The first-order valence-electron chi connectivity index (χ1n) is 14.6. The third-order valence-electron chi connectivity index (χ3n) is 8.60. The van der Waals surface area contributed by atoms with Gasteiger partial charge in [-0.15, -0.1) is 0 Å². The van der Waals surface area contributed by atoms with Crippen molar-refractivity contribution in [3.05, 3.63) is 23.8 Å². The van der Waals surface area contributed by atoms with Crippen LogP contribution in [0.25, 0.3) is 0 Å². The molecule has 266 valence electrons. The number of aliphatic hydroxyl groups is 8. The lowest BCUT2D eigenvalue weighted by molar-refractivity contribution is -0.355. The van der Waals surface area contributed by atoms with Gasteiger partial charge < -0.3 is 86.5 Å². The maximum atomic E-state index is 13.6. The van der Waals surface area contributed by atoms with E-state index in [0.717, 1.165) is 0 Å². The molecule has 20 heteroatoms. The van der Waals surface area contributed by atoms with Crippen LogP contribution in [0.5, 0.6) is 0 Å². The van der Waals surface area contributed by atoms with Crippen LogP contribution in [0, 0.1) is 0 Å². The lowest BCUT2D eigenvalue weighted by atomic mass is 9.79. The molecule has 14 N–H and O–H groups in total. The van der Waals surface area contributed by atoms with Crippen LogP contribution < -0.4 is 17.2 Å². The van der Waals surface area contributed by atoms with Gasteiger partial charge >= 0.3 is 5.97 Å². The van der Waals surface area contributed by atoms with Crippen molar-refractivity contribution in [1.82, 2.24) is 0 Å². The second-order valence-corrected chi connectivity index (χ2v) is 11.6. The molecule has 0 radical (unpaired) electrons. The van der Waals surface area contributed by atoms with Crippen molar-refractivity contribution in [1.29, 1.82) is 0 Å². The molecule has 4 aliphatic rings. The van der Waals surface area contributed by atoms with E-state index < -0.39 is 141 Å². The van der Waals surface area contributed by atoms with Crippen molar-refractivity contribution in [2.24, 2.45) is 17.2 Å². The number of hydrogen-bond donors (Lipinski definition) is 11. The molecule has 20 nitrogen and oxygen atoms in total. The smallest absolute Gasteiger partial charge is 0.309 e. The van der Waals surface area contributed by atoms with Crippen LogP contribution in [-0.4, -0.2) is 176 Å². The molecule has 3 fully saturated rings. The topological polar surface area (TPSA) is 346 Å².